The lowest BCUT2D eigenvalue weighted by molar-refractivity contribution is 0.158. The molecule has 8 nitrogen and oxygen atoms in total. The molecule has 0 saturated carbocycles. The van der Waals surface area contributed by atoms with Crippen LogP contribution in [0.3, 0.4) is 0 Å². The number of nitrogens with one attached hydrogen (secondary N) is 1. The molecular formula is C22H29N7O. The number of methoxy groups -OCH3 is 1. The summed E-state index contributed by atoms with van der Waals surface area (Å²) in [5, 5.41) is 4.39. The van der Waals surface area contributed by atoms with Gasteiger partial charge in [-0.3, -0.25) is 4.90 Å². The number of nitrogen functional groups attached to an aromatic ring is 1. The van der Waals surface area contributed by atoms with Gasteiger partial charge in [0.15, 0.2) is 5.82 Å². The Labute approximate surface area is 177 Å². The van der Waals surface area contributed by atoms with E-state index in [1.807, 2.05) is 25.1 Å². The minimum absolute atomic E-state index is 0.247. The van der Waals surface area contributed by atoms with Crippen LogP contribution < -0.4 is 15.8 Å². The van der Waals surface area contributed by atoms with Crippen molar-refractivity contribution in [3.05, 3.63) is 36.0 Å². The molecule has 0 amide bonds. The third kappa shape index (κ3) is 4.29. The van der Waals surface area contributed by atoms with E-state index in [9.17, 15) is 0 Å². The van der Waals surface area contributed by atoms with Gasteiger partial charge in [0.05, 0.1) is 12.8 Å². The zero-order valence-corrected chi connectivity index (χ0v) is 17.9. The molecule has 1 aliphatic rings. The van der Waals surface area contributed by atoms with Crippen LogP contribution in [0.2, 0.25) is 0 Å². The number of nitrogens with two attached hydrogens (primary N) is 1. The number of anilines is 2. The lowest BCUT2D eigenvalue weighted by Gasteiger charge is -2.32. The van der Waals surface area contributed by atoms with Crippen molar-refractivity contribution < 1.29 is 4.74 Å². The van der Waals surface area contributed by atoms with E-state index in [1.54, 1.807) is 13.3 Å². The Kier molecular flexibility index (Phi) is 5.96. The van der Waals surface area contributed by atoms with E-state index in [0.717, 1.165) is 78.6 Å². The predicted octanol–water partition coefficient (Wildman–Crippen LogP) is 2.25. The Hall–Kier alpha value is -2.97. The molecule has 4 rings (SSSR count). The summed E-state index contributed by atoms with van der Waals surface area (Å²) in [6.07, 6.45) is 1.75. The molecule has 1 saturated heterocycles. The summed E-state index contributed by atoms with van der Waals surface area (Å²) in [6, 6.07) is 7.99. The molecule has 0 bridgehead atoms. The van der Waals surface area contributed by atoms with Gasteiger partial charge in [0.2, 0.25) is 5.95 Å². The maximum absolute atomic E-state index is 5.86. The number of nitrogens with zero attached hydrogens (tertiary/aromatic N) is 5. The van der Waals surface area contributed by atoms with E-state index in [0.29, 0.717) is 0 Å². The van der Waals surface area contributed by atoms with Crippen molar-refractivity contribution >= 4 is 22.7 Å². The van der Waals surface area contributed by atoms with Gasteiger partial charge in [0, 0.05) is 62.0 Å². The van der Waals surface area contributed by atoms with Gasteiger partial charge < -0.3 is 20.7 Å². The second-order valence-electron chi connectivity index (χ2n) is 7.73. The minimum Gasteiger partial charge on any atom is -0.496 e. The number of likely N-dealkylation sites (N-methyl/N-ethyl adjacent to an activating group) is 1. The van der Waals surface area contributed by atoms with Crippen LogP contribution in [-0.2, 0) is 0 Å². The maximum Gasteiger partial charge on any atom is 0.220 e. The van der Waals surface area contributed by atoms with Crippen LogP contribution >= 0.6 is 0 Å². The topological polar surface area (TPSA) is 92.4 Å². The molecule has 0 atom stereocenters. The van der Waals surface area contributed by atoms with Crippen LogP contribution in [0.15, 0.2) is 30.5 Å². The SMILES string of the molecule is COc1cccc(-c2cc3cnc(N)nc3c(NCCN3CCN(C)CC3)n2)c1C. The second kappa shape index (κ2) is 8.81. The Morgan fingerprint density at radius 3 is 2.73 bits per heavy atom. The van der Waals surface area contributed by atoms with E-state index >= 15 is 0 Å². The highest BCUT2D eigenvalue weighted by Gasteiger charge is 2.15. The van der Waals surface area contributed by atoms with Gasteiger partial charge in [-0.2, -0.15) is 0 Å². The number of rotatable bonds is 6. The quantitative estimate of drug-likeness (QED) is 0.643. The normalized spacial score (nSPS) is 15.4. The summed E-state index contributed by atoms with van der Waals surface area (Å²) in [6.45, 7) is 8.18. The second-order valence-corrected chi connectivity index (χ2v) is 7.73. The molecule has 1 aromatic carbocycles. The van der Waals surface area contributed by atoms with E-state index in [1.165, 1.54) is 0 Å². The molecular weight excluding hydrogens is 378 g/mol. The van der Waals surface area contributed by atoms with Gasteiger partial charge >= 0.3 is 0 Å². The van der Waals surface area contributed by atoms with Crippen LogP contribution in [0, 0.1) is 6.92 Å². The molecule has 3 heterocycles. The summed E-state index contributed by atoms with van der Waals surface area (Å²) in [4.78, 5) is 18.3. The van der Waals surface area contributed by atoms with E-state index in [4.69, 9.17) is 15.5 Å². The molecule has 30 heavy (non-hydrogen) atoms. The van der Waals surface area contributed by atoms with Crippen LogP contribution in [-0.4, -0.2) is 78.2 Å². The minimum atomic E-state index is 0.247. The number of ether oxygens (including phenoxy) is 1. The van der Waals surface area contributed by atoms with Crippen LogP contribution in [0.5, 0.6) is 5.75 Å². The van der Waals surface area contributed by atoms with Gasteiger partial charge in [-0.05, 0) is 26.1 Å². The van der Waals surface area contributed by atoms with Crippen molar-refractivity contribution in [2.24, 2.45) is 0 Å². The monoisotopic (exact) mass is 407 g/mol. The van der Waals surface area contributed by atoms with Gasteiger partial charge in [-0.25, -0.2) is 15.0 Å². The molecule has 1 aliphatic heterocycles. The molecule has 3 aromatic rings. The summed E-state index contributed by atoms with van der Waals surface area (Å²) in [5.74, 6) is 1.82. The fraction of sp³-hybridized carbons (Fsp3) is 0.409. The Morgan fingerprint density at radius 1 is 1.17 bits per heavy atom. The summed E-state index contributed by atoms with van der Waals surface area (Å²) in [5.41, 5.74) is 9.52. The van der Waals surface area contributed by atoms with E-state index in [2.05, 4.69) is 38.2 Å². The first-order chi connectivity index (χ1) is 14.5. The Balaban J connectivity index is 1.63. The Bertz CT molecular complexity index is 1030. The summed E-state index contributed by atoms with van der Waals surface area (Å²) in [7, 11) is 3.85. The van der Waals surface area contributed by atoms with Crippen LogP contribution in [0.25, 0.3) is 22.2 Å². The van der Waals surface area contributed by atoms with Crippen LogP contribution in [0.4, 0.5) is 11.8 Å². The fourth-order valence-electron chi connectivity index (χ4n) is 3.83. The number of hydrogen-bond donors (Lipinski definition) is 2. The molecule has 0 spiro atoms. The molecule has 3 N–H and O–H groups in total. The number of piperazine rings is 1. The number of fused-ring (bicyclic) bond motifs is 1. The average Bonchev–Trinajstić information content (AvgIpc) is 2.75. The van der Waals surface area contributed by atoms with Crippen molar-refractivity contribution in [1.82, 2.24) is 24.8 Å². The third-order valence-electron chi connectivity index (χ3n) is 5.68. The zero-order valence-electron chi connectivity index (χ0n) is 17.9. The van der Waals surface area contributed by atoms with Crippen molar-refractivity contribution in [2.75, 3.05) is 64.5 Å². The highest BCUT2D eigenvalue weighted by Crippen LogP contribution is 2.32. The average molecular weight is 408 g/mol. The zero-order chi connectivity index (χ0) is 21.1. The molecule has 0 aliphatic carbocycles. The van der Waals surface area contributed by atoms with Gasteiger partial charge in [0.25, 0.3) is 0 Å². The number of hydrogen-bond acceptors (Lipinski definition) is 8. The van der Waals surface area contributed by atoms with Crippen molar-refractivity contribution in [3.8, 4) is 17.0 Å². The van der Waals surface area contributed by atoms with Crippen molar-refractivity contribution in [3.63, 3.8) is 0 Å². The van der Waals surface area contributed by atoms with Gasteiger partial charge in [-0.15, -0.1) is 0 Å². The van der Waals surface area contributed by atoms with E-state index in [-0.39, 0.29) is 5.95 Å². The molecule has 158 valence electrons. The first-order valence-corrected chi connectivity index (χ1v) is 10.3. The number of aromatic nitrogens is 3. The molecule has 2 aromatic heterocycles. The first kappa shape index (κ1) is 20.3. The maximum atomic E-state index is 5.86. The highest BCUT2D eigenvalue weighted by atomic mass is 16.5. The molecule has 1 fully saturated rings. The predicted molar refractivity (Wildman–Crippen MR) is 121 cm³/mol. The van der Waals surface area contributed by atoms with E-state index < -0.39 is 0 Å². The fourth-order valence-corrected chi connectivity index (χ4v) is 3.83. The molecule has 0 unspecified atom stereocenters. The van der Waals surface area contributed by atoms with Gasteiger partial charge in [0.1, 0.15) is 11.3 Å². The first-order valence-electron chi connectivity index (χ1n) is 10.3. The van der Waals surface area contributed by atoms with Crippen LogP contribution in [0.1, 0.15) is 5.56 Å². The van der Waals surface area contributed by atoms with Crippen molar-refractivity contribution in [1.29, 1.82) is 0 Å². The summed E-state index contributed by atoms with van der Waals surface area (Å²) >= 11 is 0. The van der Waals surface area contributed by atoms with Gasteiger partial charge in [-0.1, -0.05) is 12.1 Å². The number of pyridine rings is 1. The summed E-state index contributed by atoms with van der Waals surface area (Å²) < 4.78 is 5.49. The lowest BCUT2D eigenvalue weighted by atomic mass is 10.0. The molecule has 8 heteroatoms. The molecule has 0 radical (unpaired) electrons. The lowest BCUT2D eigenvalue weighted by Crippen LogP contribution is -2.45. The third-order valence-corrected chi connectivity index (χ3v) is 5.68. The standard InChI is InChI=1S/C22H29N7O/c1-15-17(5-4-6-19(15)30-3)18-13-16-14-25-22(23)27-20(16)21(26-18)24-7-8-29-11-9-28(2)10-12-29/h4-6,13-14H,7-12H2,1-3H3,(H,24,26)(H2,23,25,27). The Morgan fingerprint density at radius 2 is 1.97 bits per heavy atom. The number of benzene rings is 1. The smallest absolute Gasteiger partial charge is 0.220 e. The highest BCUT2D eigenvalue weighted by molar-refractivity contribution is 5.92. The largest absolute Gasteiger partial charge is 0.496 e. The van der Waals surface area contributed by atoms with Crippen molar-refractivity contribution in [2.45, 2.75) is 6.92 Å².